The van der Waals surface area contributed by atoms with E-state index in [2.05, 4.69) is 26.2 Å². The molecule has 0 radical (unpaired) electrons. The first-order valence-electron chi connectivity index (χ1n) is 11.3. The second-order valence-electron chi connectivity index (χ2n) is 10.2. The maximum atomic E-state index is 13.1. The number of carbonyl (C=O) groups is 2. The summed E-state index contributed by atoms with van der Waals surface area (Å²) in [7, 11) is 0. The number of carbonyl (C=O) groups excluding carboxylic acids is 2. The van der Waals surface area contributed by atoms with E-state index in [0.717, 1.165) is 23.5 Å². The van der Waals surface area contributed by atoms with Crippen molar-refractivity contribution in [2.45, 2.75) is 70.9 Å². The quantitative estimate of drug-likeness (QED) is 0.380. The van der Waals surface area contributed by atoms with Gasteiger partial charge in [0, 0.05) is 5.92 Å². The molecule has 13 heteroatoms. The maximum Gasteiger partial charge on any atom is 0.416 e. The van der Waals surface area contributed by atoms with Crippen LogP contribution in [0.2, 0.25) is 0 Å². The van der Waals surface area contributed by atoms with Crippen molar-refractivity contribution in [3.8, 4) is 0 Å². The highest BCUT2D eigenvalue weighted by Gasteiger charge is 2.35. The minimum atomic E-state index is -4.53. The van der Waals surface area contributed by atoms with Crippen molar-refractivity contribution < 1.29 is 37.3 Å². The van der Waals surface area contributed by atoms with Crippen molar-refractivity contribution >= 4 is 44.6 Å². The molecule has 8 nitrogen and oxygen atoms in total. The zero-order valence-electron chi connectivity index (χ0n) is 21.4. The van der Waals surface area contributed by atoms with Gasteiger partial charge in [0.25, 0.3) is 0 Å². The summed E-state index contributed by atoms with van der Waals surface area (Å²) in [5, 5.41) is 13.2. The molecule has 37 heavy (non-hydrogen) atoms. The second kappa shape index (κ2) is 12.0. The highest BCUT2D eigenvalue weighted by molar-refractivity contribution is 9.11. The number of hydrogen-bond donors (Lipinski definition) is 2. The van der Waals surface area contributed by atoms with E-state index < -0.39 is 53.7 Å². The van der Waals surface area contributed by atoms with Gasteiger partial charge in [-0.2, -0.15) is 13.2 Å². The van der Waals surface area contributed by atoms with E-state index in [-0.39, 0.29) is 11.7 Å². The Balaban J connectivity index is 2.49. The Kier molecular flexibility index (Phi) is 10.00. The average molecular weight is 610 g/mol. The lowest BCUT2D eigenvalue weighted by molar-refractivity contribution is -0.137. The molecule has 2 N–H and O–H groups in total. The van der Waals surface area contributed by atoms with Crippen LogP contribution in [0.3, 0.4) is 0 Å². The molecular formula is C24H31BrF3N3O5S. The maximum absolute atomic E-state index is 13.1. The molecule has 2 atom stereocenters. The third kappa shape index (κ3) is 9.78. The Morgan fingerprint density at radius 1 is 1.08 bits per heavy atom. The van der Waals surface area contributed by atoms with E-state index in [0.29, 0.717) is 9.35 Å². The van der Waals surface area contributed by atoms with Gasteiger partial charge in [0.15, 0.2) is 5.13 Å². The normalized spacial score (nSPS) is 14.0. The number of nitrogens with zero attached hydrogens (tertiary/aromatic N) is 2. The predicted molar refractivity (Wildman–Crippen MR) is 138 cm³/mol. The Morgan fingerprint density at radius 3 is 2.08 bits per heavy atom. The van der Waals surface area contributed by atoms with E-state index >= 15 is 0 Å². The number of thiazole rings is 1. The number of aliphatic hydroxyl groups excluding tert-OH is 1. The van der Waals surface area contributed by atoms with E-state index in [4.69, 9.17) is 9.47 Å². The summed E-state index contributed by atoms with van der Waals surface area (Å²) in [6, 6.07) is 3.25. The van der Waals surface area contributed by atoms with Gasteiger partial charge < -0.3 is 19.9 Å². The smallest absolute Gasteiger partial charge is 0.416 e. The lowest BCUT2D eigenvalue weighted by Crippen LogP contribution is -2.51. The molecule has 2 amide bonds. The number of benzene rings is 1. The van der Waals surface area contributed by atoms with Gasteiger partial charge in [-0.15, -0.1) is 0 Å². The van der Waals surface area contributed by atoms with E-state index in [1.54, 1.807) is 41.5 Å². The van der Waals surface area contributed by atoms with Crippen molar-refractivity contribution in [2.24, 2.45) is 0 Å². The monoisotopic (exact) mass is 609 g/mol. The lowest BCUT2D eigenvalue weighted by atomic mass is 9.91. The van der Waals surface area contributed by atoms with Gasteiger partial charge in [-0.25, -0.2) is 14.6 Å². The van der Waals surface area contributed by atoms with Crippen molar-refractivity contribution in [2.75, 3.05) is 18.1 Å². The SMILES string of the molecule is CC(C)(C)OC(=O)N[C@@H](CN(C(=O)OC(C)(C)C)c1ncc(Br)s1)[C@H](CO)c1ccc(C(F)(F)F)cc1. The summed E-state index contributed by atoms with van der Waals surface area (Å²) in [6.07, 6.45) is -4.62. The molecule has 0 unspecified atom stereocenters. The number of hydrogen-bond acceptors (Lipinski definition) is 7. The molecule has 0 saturated heterocycles. The Hall–Kier alpha value is -2.38. The molecule has 1 aromatic heterocycles. The number of halogens is 4. The average Bonchev–Trinajstić information content (AvgIpc) is 3.15. The van der Waals surface area contributed by atoms with Crippen molar-refractivity contribution in [3.63, 3.8) is 0 Å². The predicted octanol–water partition coefficient (Wildman–Crippen LogP) is 6.34. The molecule has 0 aliphatic rings. The van der Waals surface area contributed by atoms with Gasteiger partial charge in [0.05, 0.1) is 34.7 Å². The van der Waals surface area contributed by atoms with Gasteiger partial charge in [-0.1, -0.05) is 23.5 Å². The van der Waals surface area contributed by atoms with Crippen LogP contribution in [0.5, 0.6) is 0 Å². The molecule has 0 saturated carbocycles. The first kappa shape index (κ1) is 30.8. The number of aromatic nitrogens is 1. The van der Waals surface area contributed by atoms with Crippen LogP contribution in [0.25, 0.3) is 0 Å². The summed E-state index contributed by atoms with van der Waals surface area (Å²) in [5.74, 6) is -0.900. The van der Waals surface area contributed by atoms with Crippen LogP contribution >= 0.6 is 27.3 Å². The van der Waals surface area contributed by atoms with Crippen LogP contribution in [-0.4, -0.2) is 52.7 Å². The second-order valence-corrected chi connectivity index (χ2v) is 12.6. The highest BCUT2D eigenvalue weighted by atomic mass is 79.9. The third-order valence-electron chi connectivity index (χ3n) is 4.74. The summed E-state index contributed by atoms with van der Waals surface area (Å²) >= 11 is 4.45. The molecule has 2 rings (SSSR count). The van der Waals surface area contributed by atoms with Gasteiger partial charge in [0.2, 0.25) is 0 Å². The van der Waals surface area contributed by atoms with Crippen LogP contribution in [0, 0.1) is 0 Å². The van der Waals surface area contributed by atoms with Crippen LogP contribution in [-0.2, 0) is 15.7 Å². The standard InChI is InChI=1S/C24H31BrF3N3O5S/c1-22(2,3)35-20(33)30-17(16(13-32)14-7-9-15(10-8-14)24(26,27)28)12-31(19-29-11-18(25)37-19)21(34)36-23(4,5)6/h7-11,16-17,32H,12-13H2,1-6H3,(H,30,33)/t16-,17+/m1/s1. The molecule has 0 fully saturated rings. The van der Waals surface area contributed by atoms with Crippen molar-refractivity contribution in [1.82, 2.24) is 10.3 Å². The summed E-state index contributed by atoms with van der Waals surface area (Å²) in [5.41, 5.74) is -2.22. The molecule has 1 heterocycles. The van der Waals surface area contributed by atoms with Crippen molar-refractivity contribution in [1.29, 1.82) is 0 Å². The van der Waals surface area contributed by atoms with Gasteiger partial charge in [-0.05, 0) is 75.2 Å². The molecule has 2 aromatic rings. The number of rotatable bonds is 7. The van der Waals surface area contributed by atoms with Crippen molar-refractivity contribution in [3.05, 3.63) is 45.4 Å². The van der Waals surface area contributed by atoms with Crippen LogP contribution < -0.4 is 10.2 Å². The molecule has 0 aliphatic carbocycles. The third-order valence-corrected chi connectivity index (χ3v) is 6.24. The molecule has 0 bridgehead atoms. The van der Waals surface area contributed by atoms with E-state index in [9.17, 15) is 27.9 Å². The number of alkyl carbamates (subject to hydrolysis) is 1. The lowest BCUT2D eigenvalue weighted by Gasteiger charge is -2.33. The van der Waals surface area contributed by atoms with Crippen LogP contribution in [0.15, 0.2) is 34.2 Å². The number of ether oxygens (including phenoxy) is 2. The zero-order valence-corrected chi connectivity index (χ0v) is 23.8. The summed E-state index contributed by atoms with van der Waals surface area (Å²) in [4.78, 5) is 31.3. The fraction of sp³-hybridized carbons (Fsp3) is 0.542. The summed E-state index contributed by atoms with van der Waals surface area (Å²) in [6.45, 7) is 9.31. The number of nitrogens with one attached hydrogen (secondary N) is 1. The molecule has 1 aromatic carbocycles. The number of anilines is 1. The Bertz CT molecular complexity index is 1070. The first-order valence-corrected chi connectivity index (χ1v) is 12.9. The fourth-order valence-corrected chi connectivity index (χ4v) is 4.41. The van der Waals surface area contributed by atoms with E-state index in [1.165, 1.54) is 23.2 Å². The number of aliphatic hydroxyl groups is 1. The minimum Gasteiger partial charge on any atom is -0.444 e. The van der Waals surface area contributed by atoms with Gasteiger partial charge in [0.1, 0.15) is 11.2 Å². The Labute approximate surface area is 226 Å². The molecule has 0 spiro atoms. The number of alkyl halides is 3. The molecular weight excluding hydrogens is 579 g/mol. The van der Waals surface area contributed by atoms with Crippen LogP contribution in [0.4, 0.5) is 27.9 Å². The topological polar surface area (TPSA) is 101 Å². The van der Waals surface area contributed by atoms with Gasteiger partial charge in [-0.3, -0.25) is 4.90 Å². The molecule has 0 aliphatic heterocycles. The fourth-order valence-electron chi connectivity index (χ4n) is 3.23. The summed E-state index contributed by atoms with van der Waals surface area (Å²) < 4.78 is 50.8. The molecule has 206 valence electrons. The zero-order chi connectivity index (χ0) is 28.2. The Morgan fingerprint density at radius 2 is 1.65 bits per heavy atom. The minimum absolute atomic E-state index is 0.222. The van der Waals surface area contributed by atoms with E-state index in [1.807, 2.05) is 0 Å². The highest BCUT2D eigenvalue weighted by Crippen LogP contribution is 2.32. The largest absolute Gasteiger partial charge is 0.444 e. The van der Waals surface area contributed by atoms with Crippen LogP contribution in [0.1, 0.15) is 58.6 Å². The number of amides is 2. The first-order chi connectivity index (χ1) is 16.9. The van der Waals surface area contributed by atoms with Gasteiger partial charge >= 0.3 is 18.4 Å².